The molecular weight excluding hydrogens is 338 g/mol. The predicted molar refractivity (Wildman–Crippen MR) is 104 cm³/mol. The second-order valence-corrected chi connectivity index (χ2v) is 7.10. The molecule has 2 aromatic carbocycles. The standard InChI is InChI=1S/C21H21N5O/c27-21(20-22-15-26(23-20)16-8-2-1-3-9-16)25-14-17-10-6-7-13-24(17)18-11-4-5-12-19(18)25/h1-5,8-9,11-12,15,17H,6-7,10,13-14H2/t17-/m0/s1. The summed E-state index contributed by atoms with van der Waals surface area (Å²) in [4.78, 5) is 21.9. The third-order valence-electron chi connectivity index (χ3n) is 5.45. The number of rotatable bonds is 2. The van der Waals surface area contributed by atoms with E-state index in [-0.39, 0.29) is 11.7 Å². The quantitative estimate of drug-likeness (QED) is 0.705. The highest BCUT2D eigenvalue weighted by Gasteiger charge is 2.36. The number of carbonyl (C=O) groups excluding carboxylic acids is 1. The lowest BCUT2D eigenvalue weighted by molar-refractivity contribution is 0.0973. The summed E-state index contributed by atoms with van der Waals surface area (Å²) in [7, 11) is 0. The Kier molecular flexibility index (Phi) is 3.89. The average molecular weight is 359 g/mol. The van der Waals surface area contributed by atoms with E-state index in [1.165, 1.54) is 12.8 Å². The smallest absolute Gasteiger partial charge is 0.298 e. The molecule has 1 amide bonds. The Balaban J connectivity index is 1.49. The molecule has 1 atom stereocenters. The van der Waals surface area contributed by atoms with Crippen LogP contribution in [0.25, 0.3) is 5.69 Å². The minimum Gasteiger partial charge on any atom is -0.365 e. The number of fused-ring (bicyclic) bond motifs is 3. The SMILES string of the molecule is O=C(c1ncn(-c2ccccc2)n1)N1C[C@@H]2CCCCN2c2ccccc21. The second-order valence-electron chi connectivity index (χ2n) is 7.10. The predicted octanol–water partition coefficient (Wildman–Crippen LogP) is 3.29. The van der Waals surface area contributed by atoms with Crippen LogP contribution in [-0.2, 0) is 0 Å². The second kappa shape index (κ2) is 6.54. The molecule has 6 nitrogen and oxygen atoms in total. The maximum Gasteiger partial charge on any atom is 0.298 e. The molecule has 136 valence electrons. The summed E-state index contributed by atoms with van der Waals surface area (Å²) in [5.41, 5.74) is 2.99. The fourth-order valence-electron chi connectivity index (χ4n) is 4.13. The molecule has 0 spiro atoms. The van der Waals surface area contributed by atoms with E-state index in [1.807, 2.05) is 53.4 Å². The van der Waals surface area contributed by atoms with Gasteiger partial charge in [-0.05, 0) is 43.5 Å². The van der Waals surface area contributed by atoms with Crippen molar-refractivity contribution < 1.29 is 4.79 Å². The lowest BCUT2D eigenvalue weighted by atomic mass is 9.97. The number of carbonyl (C=O) groups is 1. The van der Waals surface area contributed by atoms with Gasteiger partial charge in [-0.2, -0.15) is 0 Å². The van der Waals surface area contributed by atoms with Crippen LogP contribution < -0.4 is 9.80 Å². The molecule has 1 fully saturated rings. The average Bonchev–Trinajstić information content (AvgIpc) is 3.24. The zero-order valence-corrected chi connectivity index (χ0v) is 15.0. The van der Waals surface area contributed by atoms with Crippen LogP contribution in [0, 0.1) is 0 Å². The Bertz CT molecular complexity index is 967. The molecule has 1 aromatic heterocycles. The van der Waals surface area contributed by atoms with E-state index in [0.717, 1.165) is 30.0 Å². The van der Waals surface area contributed by atoms with Crippen LogP contribution in [-0.4, -0.2) is 39.8 Å². The minimum absolute atomic E-state index is 0.137. The van der Waals surface area contributed by atoms with Crippen LogP contribution in [0.2, 0.25) is 0 Å². The Hall–Kier alpha value is -3.15. The van der Waals surface area contributed by atoms with E-state index in [0.29, 0.717) is 12.6 Å². The molecular formula is C21H21N5O. The molecule has 0 radical (unpaired) electrons. The van der Waals surface area contributed by atoms with Crippen LogP contribution in [0.3, 0.4) is 0 Å². The highest BCUT2D eigenvalue weighted by Crippen LogP contribution is 2.38. The molecule has 2 aliphatic rings. The first-order chi connectivity index (χ1) is 13.3. The number of piperidine rings is 1. The highest BCUT2D eigenvalue weighted by molar-refractivity contribution is 6.06. The van der Waals surface area contributed by atoms with Gasteiger partial charge in [-0.1, -0.05) is 30.3 Å². The Morgan fingerprint density at radius 1 is 0.963 bits per heavy atom. The number of hydrogen-bond donors (Lipinski definition) is 0. The Morgan fingerprint density at radius 2 is 1.74 bits per heavy atom. The van der Waals surface area contributed by atoms with Crippen molar-refractivity contribution in [3.05, 3.63) is 66.7 Å². The molecule has 27 heavy (non-hydrogen) atoms. The molecule has 0 bridgehead atoms. The molecule has 2 aliphatic heterocycles. The topological polar surface area (TPSA) is 54.3 Å². The maximum absolute atomic E-state index is 13.3. The molecule has 0 unspecified atom stereocenters. The summed E-state index contributed by atoms with van der Waals surface area (Å²) in [6.07, 6.45) is 5.14. The van der Waals surface area contributed by atoms with Crippen molar-refractivity contribution in [2.75, 3.05) is 22.9 Å². The summed E-state index contributed by atoms with van der Waals surface area (Å²) in [6.45, 7) is 1.75. The van der Waals surface area contributed by atoms with E-state index in [2.05, 4.69) is 21.0 Å². The van der Waals surface area contributed by atoms with Crippen molar-refractivity contribution in [3.63, 3.8) is 0 Å². The van der Waals surface area contributed by atoms with Crippen LogP contribution in [0.4, 0.5) is 11.4 Å². The zero-order valence-electron chi connectivity index (χ0n) is 15.0. The van der Waals surface area contributed by atoms with Gasteiger partial charge in [0.15, 0.2) is 0 Å². The third kappa shape index (κ3) is 2.77. The fourth-order valence-corrected chi connectivity index (χ4v) is 4.13. The van der Waals surface area contributed by atoms with Gasteiger partial charge in [0.1, 0.15) is 6.33 Å². The maximum atomic E-state index is 13.3. The van der Waals surface area contributed by atoms with E-state index in [4.69, 9.17) is 0 Å². The third-order valence-corrected chi connectivity index (χ3v) is 5.45. The first-order valence-corrected chi connectivity index (χ1v) is 9.46. The molecule has 5 rings (SSSR count). The number of aromatic nitrogens is 3. The van der Waals surface area contributed by atoms with E-state index < -0.39 is 0 Å². The van der Waals surface area contributed by atoms with E-state index in [1.54, 1.807) is 11.0 Å². The lowest BCUT2D eigenvalue weighted by Crippen LogP contribution is -2.53. The van der Waals surface area contributed by atoms with Gasteiger partial charge >= 0.3 is 0 Å². The van der Waals surface area contributed by atoms with Gasteiger partial charge < -0.3 is 9.80 Å². The van der Waals surface area contributed by atoms with Gasteiger partial charge in [-0.15, -0.1) is 5.10 Å². The van der Waals surface area contributed by atoms with Crippen LogP contribution >= 0.6 is 0 Å². The zero-order chi connectivity index (χ0) is 18.2. The van der Waals surface area contributed by atoms with Crippen molar-refractivity contribution in [2.45, 2.75) is 25.3 Å². The number of nitrogens with zero attached hydrogens (tertiary/aromatic N) is 5. The normalized spacial score (nSPS) is 18.7. The van der Waals surface area contributed by atoms with Gasteiger partial charge in [-0.25, -0.2) is 9.67 Å². The largest absolute Gasteiger partial charge is 0.365 e. The van der Waals surface area contributed by atoms with Gasteiger partial charge in [0, 0.05) is 19.1 Å². The van der Waals surface area contributed by atoms with Crippen molar-refractivity contribution in [2.24, 2.45) is 0 Å². The van der Waals surface area contributed by atoms with Crippen LogP contribution in [0.15, 0.2) is 60.9 Å². The molecule has 6 heteroatoms. The molecule has 0 N–H and O–H groups in total. The highest BCUT2D eigenvalue weighted by atomic mass is 16.2. The van der Waals surface area contributed by atoms with Gasteiger partial charge in [0.25, 0.3) is 5.91 Å². The molecule has 1 saturated heterocycles. The van der Waals surface area contributed by atoms with E-state index >= 15 is 0 Å². The first-order valence-electron chi connectivity index (χ1n) is 9.46. The molecule has 3 heterocycles. The molecule has 3 aromatic rings. The van der Waals surface area contributed by atoms with Crippen LogP contribution in [0.5, 0.6) is 0 Å². The Morgan fingerprint density at radius 3 is 2.59 bits per heavy atom. The van der Waals surface area contributed by atoms with Crippen molar-refractivity contribution >= 4 is 17.3 Å². The van der Waals surface area contributed by atoms with E-state index in [9.17, 15) is 4.79 Å². The van der Waals surface area contributed by atoms with Crippen molar-refractivity contribution in [3.8, 4) is 5.69 Å². The van der Waals surface area contributed by atoms with Crippen molar-refractivity contribution in [1.82, 2.24) is 14.8 Å². The number of anilines is 2. The number of amides is 1. The lowest BCUT2D eigenvalue weighted by Gasteiger charge is -2.45. The fraction of sp³-hybridized carbons (Fsp3) is 0.286. The Labute approximate surface area is 158 Å². The summed E-state index contributed by atoms with van der Waals surface area (Å²) in [5, 5.41) is 4.43. The number of para-hydroxylation sites is 3. The van der Waals surface area contributed by atoms with Gasteiger partial charge in [-0.3, -0.25) is 4.79 Å². The summed E-state index contributed by atoms with van der Waals surface area (Å²) < 4.78 is 1.65. The number of benzene rings is 2. The minimum atomic E-state index is -0.137. The summed E-state index contributed by atoms with van der Waals surface area (Å²) in [6, 6.07) is 18.3. The van der Waals surface area contributed by atoms with Gasteiger partial charge in [0.05, 0.1) is 17.1 Å². The number of hydrogen-bond acceptors (Lipinski definition) is 4. The monoisotopic (exact) mass is 359 g/mol. The molecule has 0 aliphatic carbocycles. The summed E-state index contributed by atoms with van der Waals surface area (Å²) in [5.74, 6) is 0.0975. The van der Waals surface area contributed by atoms with Crippen LogP contribution in [0.1, 0.15) is 29.9 Å². The summed E-state index contributed by atoms with van der Waals surface area (Å²) >= 11 is 0. The van der Waals surface area contributed by atoms with Crippen molar-refractivity contribution in [1.29, 1.82) is 0 Å². The molecule has 0 saturated carbocycles. The first kappa shape index (κ1) is 16.1. The van der Waals surface area contributed by atoms with Gasteiger partial charge in [0.2, 0.25) is 5.82 Å².